The van der Waals surface area contributed by atoms with Gasteiger partial charge in [0.1, 0.15) is 29.9 Å². The lowest BCUT2D eigenvalue weighted by atomic mass is 9.55. The first kappa shape index (κ1) is 43.9. The van der Waals surface area contributed by atoms with E-state index in [9.17, 15) is 15.0 Å². The van der Waals surface area contributed by atoms with Gasteiger partial charge in [-0.3, -0.25) is 4.90 Å². The summed E-state index contributed by atoms with van der Waals surface area (Å²) in [5, 5.41) is 27.0. The first-order valence-electron chi connectivity index (χ1n) is 22.0. The summed E-state index contributed by atoms with van der Waals surface area (Å²) in [6, 6.07) is 19.6. The van der Waals surface area contributed by atoms with Crippen LogP contribution in [0.25, 0.3) is 10.8 Å². The van der Waals surface area contributed by atoms with Crippen LogP contribution in [0, 0.1) is 17.8 Å². The molecule has 0 bridgehead atoms. The smallest absolute Gasteiger partial charge is 0.410 e. The lowest BCUT2D eigenvalue weighted by molar-refractivity contribution is -0.255. The molecule has 2 aliphatic carbocycles. The van der Waals surface area contributed by atoms with Gasteiger partial charge in [0.2, 0.25) is 12.1 Å². The Morgan fingerprint density at radius 1 is 1.02 bits per heavy atom. The predicted octanol–water partition coefficient (Wildman–Crippen LogP) is 9.88. The SMILES string of the molecule is C=CCOC12Oc3ccc(Oc4ccc5ccccc5c4)cc3C3C(CCCCO)C(CCCCO)C=C(C(=NOC4CCCCO4)CC1N(CCC)C(=O)OCCCl)C32. The van der Waals surface area contributed by atoms with Gasteiger partial charge in [0.05, 0.1) is 30.7 Å². The molecule has 12 heteroatoms. The highest BCUT2D eigenvalue weighted by Gasteiger charge is 2.65. The molecule has 3 aromatic rings. The van der Waals surface area contributed by atoms with E-state index in [4.69, 9.17) is 45.3 Å². The Bertz CT molecular complexity index is 1970. The minimum atomic E-state index is -1.39. The van der Waals surface area contributed by atoms with Crippen LogP contribution in [0.5, 0.6) is 17.2 Å². The number of amides is 1. The van der Waals surface area contributed by atoms with Crippen molar-refractivity contribution in [1.82, 2.24) is 4.90 Å². The number of alkyl halides is 1. The van der Waals surface area contributed by atoms with Crippen LogP contribution >= 0.6 is 11.6 Å². The molecule has 1 amide bonds. The Hall–Kier alpha value is -4.13. The lowest BCUT2D eigenvalue weighted by Gasteiger charge is -2.60. The van der Waals surface area contributed by atoms with Crippen LogP contribution in [0.1, 0.15) is 89.0 Å². The highest BCUT2D eigenvalue weighted by Crippen LogP contribution is 2.62. The molecule has 324 valence electrons. The first-order valence-corrected chi connectivity index (χ1v) is 22.5. The number of aliphatic hydroxyl groups is 2. The number of fused-ring (bicyclic) bond motifs is 3. The second-order valence-electron chi connectivity index (χ2n) is 16.3. The Labute approximate surface area is 359 Å². The molecule has 0 aromatic heterocycles. The van der Waals surface area contributed by atoms with E-state index in [2.05, 4.69) is 36.9 Å². The van der Waals surface area contributed by atoms with Gasteiger partial charge in [-0.25, -0.2) is 4.79 Å². The Morgan fingerprint density at radius 3 is 2.55 bits per heavy atom. The number of rotatable bonds is 20. The summed E-state index contributed by atoms with van der Waals surface area (Å²) in [6.45, 7) is 7.47. The molecule has 11 nitrogen and oxygen atoms in total. The minimum Gasteiger partial charge on any atom is -0.459 e. The number of aliphatic hydroxyl groups excluding tert-OH is 2. The van der Waals surface area contributed by atoms with E-state index in [0.717, 1.165) is 72.6 Å². The summed E-state index contributed by atoms with van der Waals surface area (Å²) in [7, 11) is 0. The highest BCUT2D eigenvalue weighted by molar-refractivity contribution is 6.18. The van der Waals surface area contributed by atoms with Crippen molar-refractivity contribution < 1.29 is 43.5 Å². The fraction of sp³-hybridized carbons (Fsp3) is 0.542. The largest absolute Gasteiger partial charge is 0.459 e. The molecule has 7 atom stereocenters. The van der Waals surface area contributed by atoms with Gasteiger partial charge >= 0.3 is 6.09 Å². The number of oxime groups is 1. The number of allylic oxidation sites excluding steroid dienone is 1. The fourth-order valence-electron chi connectivity index (χ4n) is 9.82. The average Bonchev–Trinajstić information content (AvgIpc) is 3.27. The molecule has 2 heterocycles. The third-order valence-corrected chi connectivity index (χ3v) is 12.6. The summed E-state index contributed by atoms with van der Waals surface area (Å²) in [5.74, 6) is 0.322. The van der Waals surface area contributed by atoms with Gasteiger partial charge in [-0.05, 0) is 103 Å². The zero-order chi connectivity index (χ0) is 41.9. The van der Waals surface area contributed by atoms with E-state index in [1.54, 1.807) is 11.0 Å². The Balaban J connectivity index is 1.42. The molecule has 7 rings (SSSR count). The van der Waals surface area contributed by atoms with E-state index in [1.807, 2.05) is 43.3 Å². The molecule has 7 unspecified atom stereocenters. The normalized spacial score (nSPS) is 26.3. The van der Waals surface area contributed by atoms with Gasteiger partial charge in [-0.2, -0.15) is 0 Å². The van der Waals surface area contributed by atoms with Crippen LogP contribution in [0.15, 0.2) is 90.1 Å². The topological polar surface area (TPSA) is 129 Å². The number of nitrogens with zero attached hydrogens (tertiary/aromatic N) is 2. The molecule has 1 saturated heterocycles. The summed E-state index contributed by atoms with van der Waals surface area (Å²) in [5.41, 5.74) is 2.65. The Kier molecular flexibility index (Phi) is 15.5. The summed E-state index contributed by atoms with van der Waals surface area (Å²) >= 11 is 6.04. The number of ether oxygens (including phenoxy) is 5. The van der Waals surface area contributed by atoms with Gasteiger partial charge in [0.15, 0.2) is 0 Å². The number of unbranched alkanes of at least 4 members (excludes halogenated alkanes) is 2. The minimum absolute atomic E-state index is 0.0558. The van der Waals surface area contributed by atoms with Gasteiger partial charge in [-0.15, -0.1) is 18.2 Å². The van der Waals surface area contributed by atoms with Crippen LogP contribution in [-0.4, -0.2) is 90.5 Å². The predicted molar refractivity (Wildman–Crippen MR) is 233 cm³/mol. The molecule has 1 saturated carbocycles. The molecule has 0 radical (unpaired) electrons. The molecular formula is C48H61ClN2O9. The van der Waals surface area contributed by atoms with Crippen LogP contribution in [0.4, 0.5) is 4.79 Å². The Morgan fingerprint density at radius 2 is 1.80 bits per heavy atom. The molecule has 3 aromatic carbocycles. The van der Waals surface area contributed by atoms with Crippen molar-refractivity contribution in [2.75, 3.05) is 45.5 Å². The molecule has 60 heavy (non-hydrogen) atoms. The lowest BCUT2D eigenvalue weighted by Crippen LogP contribution is -2.70. The van der Waals surface area contributed by atoms with E-state index >= 15 is 0 Å². The van der Waals surface area contributed by atoms with E-state index in [1.165, 1.54) is 0 Å². The number of carbonyl (C=O) groups is 1. The third kappa shape index (κ3) is 9.66. The summed E-state index contributed by atoms with van der Waals surface area (Å²) < 4.78 is 32.7. The third-order valence-electron chi connectivity index (χ3n) is 12.4. The van der Waals surface area contributed by atoms with Gasteiger partial charge in [0, 0.05) is 44.1 Å². The highest BCUT2D eigenvalue weighted by atomic mass is 35.5. The van der Waals surface area contributed by atoms with Gasteiger partial charge in [0.25, 0.3) is 0 Å². The van der Waals surface area contributed by atoms with Crippen molar-refractivity contribution >= 4 is 34.2 Å². The average molecular weight is 845 g/mol. The van der Waals surface area contributed by atoms with Crippen LogP contribution in [0.3, 0.4) is 0 Å². The quantitative estimate of drug-likeness (QED) is 0.0495. The number of halogens is 1. The van der Waals surface area contributed by atoms with Crippen LogP contribution in [0.2, 0.25) is 0 Å². The maximum absolute atomic E-state index is 14.2. The monoisotopic (exact) mass is 844 g/mol. The maximum atomic E-state index is 14.2. The van der Waals surface area contributed by atoms with Crippen molar-refractivity contribution in [1.29, 1.82) is 0 Å². The van der Waals surface area contributed by atoms with E-state index < -0.39 is 30.1 Å². The molecule has 2 aliphatic heterocycles. The number of benzene rings is 3. The zero-order valence-corrected chi connectivity index (χ0v) is 35.6. The standard InChI is InChI=1S/C48H61ClN2O9/c1-3-23-51(47(54)56-28-22-49)43-32-41(50-60-44-17-9-12-27-55-44)39-30-35(15-7-10-24-52)38(16-8-11-25-53)45-40-31-37(58-36-19-18-33-13-5-6-14-34(33)29-36)20-21-42(40)59-48(43,46(39)45)57-26-4-2/h4-6,13-14,18-21,29-31,35,38,43-46,52-53H,2-3,7-12,15-17,22-28,32H2,1H3. The number of hydrogen-bond acceptors (Lipinski definition) is 10. The second kappa shape index (κ2) is 21.1. The molecule has 0 spiro atoms. The van der Waals surface area contributed by atoms with Gasteiger partial charge < -0.3 is 38.7 Å². The summed E-state index contributed by atoms with van der Waals surface area (Å²) in [6.07, 6.45) is 11.4. The van der Waals surface area contributed by atoms with Crippen LogP contribution in [-0.2, 0) is 19.0 Å². The van der Waals surface area contributed by atoms with Crippen molar-refractivity contribution in [2.45, 2.75) is 102 Å². The molecule has 2 fully saturated rings. The fourth-order valence-corrected chi connectivity index (χ4v) is 9.90. The van der Waals surface area contributed by atoms with Crippen molar-refractivity contribution in [2.24, 2.45) is 22.9 Å². The van der Waals surface area contributed by atoms with E-state index in [0.29, 0.717) is 49.6 Å². The molecule has 4 aliphatic rings. The summed E-state index contributed by atoms with van der Waals surface area (Å²) in [4.78, 5) is 22.1. The molecule has 2 N–H and O–H groups in total. The van der Waals surface area contributed by atoms with Crippen molar-refractivity contribution in [3.05, 3.63) is 90.5 Å². The van der Waals surface area contributed by atoms with Crippen molar-refractivity contribution in [3.8, 4) is 17.2 Å². The number of carbonyl (C=O) groups excluding carboxylic acids is 1. The van der Waals surface area contributed by atoms with Crippen molar-refractivity contribution in [3.63, 3.8) is 0 Å². The maximum Gasteiger partial charge on any atom is 0.410 e. The van der Waals surface area contributed by atoms with E-state index in [-0.39, 0.29) is 56.5 Å². The van der Waals surface area contributed by atoms with Crippen LogP contribution < -0.4 is 9.47 Å². The zero-order valence-electron chi connectivity index (χ0n) is 34.9. The first-order chi connectivity index (χ1) is 29.4. The second-order valence-corrected chi connectivity index (χ2v) is 16.7. The number of hydrogen-bond donors (Lipinski definition) is 2. The van der Waals surface area contributed by atoms with Gasteiger partial charge in [-0.1, -0.05) is 67.4 Å². The molecular weight excluding hydrogens is 784 g/mol.